The van der Waals surface area contributed by atoms with Crippen LogP contribution in [-0.2, 0) is 53.9 Å². The van der Waals surface area contributed by atoms with E-state index in [1.165, 1.54) is 26.2 Å². The van der Waals surface area contributed by atoms with Crippen molar-refractivity contribution in [2.45, 2.75) is 82.9 Å². The van der Waals surface area contributed by atoms with Gasteiger partial charge >= 0.3 is 16.4 Å². The molecule has 2 amide bonds. The highest BCUT2D eigenvalue weighted by Gasteiger charge is 2.58. The topological polar surface area (TPSA) is 249 Å². The van der Waals surface area contributed by atoms with Gasteiger partial charge in [-0.1, -0.05) is 18.1 Å². The molecule has 3 aromatic rings. The Morgan fingerprint density at radius 2 is 2.06 bits per heavy atom. The number of hydrogen-bond acceptors (Lipinski definition) is 13. The predicted molar refractivity (Wildman–Crippen MR) is 176 cm³/mol. The van der Waals surface area contributed by atoms with Crippen LogP contribution in [-0.4, -0.2) is 90.8 Å². The Morgan fingerprint density at radius 1 is 1.34 bits per heavy atom. The van der Waals surface area contributed by atoms with Gasteiger partial charge in [0.1, 0.15) is 24.0 Å². The summed E-state index contributed by atoms with van der Waals surface area (Å²) in [4.78, 5) is 48.4. The van der Waals surface area contributed by atoms with Crippen molar-refractivity contribution in [3.8, 4) is 16.9 Å². The molecule has 2 aliphatic rings. The Kier molecular flexibility index (Phi) is 9.96. The molecule has 5 rings (SSSR count). The number of carbonyl (C=O) groups excluding carboxylic acids is 2. The van der Waals surface area contributed by atoms with Crippen molar-refractivity contribution in [2.75, 3.05) is 5.73 Å². The van der Waals surface area contributed by atoms with E-state index in [-0.39, 0.29) is 17.2 Å². The average molecular weight is 737 g/mol. The van der Waals surface area contributed by atoms with Crippen LogP contribution >= 0.6 is 11.3 Å². The van der Waals surface area contributed by atoms with E-state index in [1.807, 2.05) is 47.9 Å². The van der Waals surface area contributed by atoms with Gasteiger partial charge in [-0.05, 0) is 63.3 Å². The van der Waals surface area contributed by atoms with Crippen LogP contribution in [0.25, 0.3) is 11.1 Å². The number of amides is 2. The number of hydrogen-bond donors (Lipinski definition) is 5. The number of hydroxylamine groups is 2. The molecule has 2 aliphatic heterocycles. The van der Waals surface area contributed by atoms with E-state index in [2.05, 4.69) is 19.7 Å². The maximum atomic E-state index is 13.5. The monoisotopic (exact) mass is 736 g/mol. The number of aliphatic carboxylic acids is 1. The summed E-state index contributed by atoms with van der Waals surface area (Å²) in [7, 11) is -3.15. The highest BCUT2D eigenvalue weighted by atomic mass is 32.3. The van der Waals surface area contributed by atoms with Crippen molar-refractivity contribution in [2.24, 2.45) is 12.2 Å². The summed E-state index contributed by atoms with van der Waals surface area (Å²) in [6, 6.07) is 4.20. The smallest absolute Gasteiger partial charge is 0.418 e. The van der Waals surface area contributed by atoms with Crippen LogP contribution < -0.4 is 20.5 Å². The standard InChI is InChI=1S/C30H37N7O11S2/c1-6-19(38)14-36-13-18(12-35(36)5)16-7-9-21-17(11-16)8-10-22(46-21)30(4,27(41)42)47-34-23(20-15-49-28(31)32-20)25(39)33-24-26(40)37(29(24,2)3)48-50(43,44)45/h7,9,11-13,15,19,22,24,38H,6,8,10,14H2,1-5H3,(H4-,31,32,33,39,41,42,43,44,45)/p+1/b34-23-/t19-,22+,24+,30-/m0/s1. The molecule has 1 saturated heterocycles. The minimum Gasteiger partial charge on any atom is -0.485 e. The number of nitrogen functional groups attached to an aromatic ring is 1. The van der Waals surface area contributed by atoms with Crippen LogP contribution in [0, 0.1) is 0 Å². The van der Waals surface area contributed by atoms with Gasteiger partial charge in [0, 0.05) is 5.38 Å². The third kappa shape index (κ3) is 7.29. The molecule has 0 unspecified atom stereocenters. The zero-order chi connectivity index (χ0) is 36.8. The summed E-state index contributed by atoms with van der Waals surface area (Å²) in [5, 5.41) is 28.5. The van der Waals surface area contributed by atoms with Gasteiger partial charge in [0.25, 0.3) is 17.4 Å². The number of nitrogens with one attached hydrogen (secondary N) is 1. The number of benzene rings is 1. The highest BCUT2D eigenvalue weighted by Crippen LogP contribution is 2.37. The van der Waals surface area contributed by atoms with E-state index in [1.54, 1.807) is 6.07 Å². The number of aliphatic hydroxyl groups is 1. The second-order valence-electron chi connectivity index (χ2n) is 12.6. The minimum absolute atomic E-state index is 0.0599. The number of fused-ring (bicyclic) bond motifs is 1. The summed E-state index contributed by atoms with van der Waals surface area (Å²) >= 11 is 0.967. The van der Waals surface area contributed by atoms with Gasteiger partial charge < -0.3 is 30.8 Å². The van der Waals surface area contributed by atoms with Gasteiger partial charge in [0.15, 0.2) is 24.0 Å². The molecule has 50 heavy (non-hydrogen) atoms. The second-order valence-corrected chi connectivity index (χ2v) is 14.5. The molecule has 4 heterocycles. The van der Waals surface area contributed by atoms with Crippen LogP contribution in [0.5, 0.6) is 5.75 Å². The second kappa shape index (κ2) is 13.6. The van der Waals surface area contributed by atoms with Gasteiger partial charge in [-0.25, -0.2) is 9.78 Å². The number of carbonyl (C=O) groups is 3. The van der Waals surface area contributed by atoms with Gasteiger partial charge in [-0.2, -0.15) is 18.2 Å². The van der Waals surface area contributed by atoms with E-state index in [4.69, 9.17) is 19.9 Å². The maximum Gasteiger partial charge on any atom is 0.418 e. The van der Waals surface area contributed by atoms with Crippen molar-refractivity contribution in [3.05, 3.63) is 47.2 Å². The number of rotatable bonds is 13. The molecule has 1 aromatic carbocycles. The molecule has 4 atom stereocenters. The average Bonchev–Trinajstić information content (AvgIpc) is 3.65. The van der Waals surface area contributed by atoms with Gasteiger partial charge in [-0.15, -0.1) is 20.3 Å². The molecule has 0 radical (unpaired) electrons. The van der Waals surface area contributed by atoms with Crippen LogP contribution in [0.2, 0.25) is 0 Å². The zero-order valence-electron chi connectivity index (χ0n) is 27.8. The molecular formula is C30H38N7O11S2+. The first-order valence-corrected chi connectivity index (χ1v) is 17.7. The summed E-state index contributed by atoms with van der Waals surface area (Å²) in [5.74, 6) is -2.99. The lowest BCUT2D eigenvalue weighted by Gasteiger charge is -2.50. The lowest BCUT2D eigenvalue weighted by molar-refractivity contribution is -0.754. The van der Waals surface area contributed by atoms with Crippen LogP contribution in [0.1, 0.15) is 51.8 Å². The van der Waals surface area contributed by atoms with E-state index >= 15 is 0 Å². The fourth-order valence-electron chi connectivity index (χ4n) is 5.59. The number of ether oxygens (including phenoxy) is 1. The van der Waals surface area contributed by atoms with Crippen LogP contribution in [0.3, 0.4) is 0 Å². The molecule has 1 fully saturated rings. The number of β-lactam (4-membered cyclic amide) rings is 1. The molecule has 20 heteroatoms. The molecule has 0 aliphatic carbocycles. The number of thiazole rings is 1. The van der Waals surface area contributed by atoms with E-state index in [0.717, 1.165) is 28.0 Å². The van der Waals surface area contributed by atoms with Crippen molar-refractivity contribution < 1.29 is 56.1 Å². The first kappa shape index (κ1) is 36.6. The summed E-state index contributed by atoms with van der Waals surface area (Å²) < 4.78 is 45.6. The van der Waals surface area contributed by atoms with E-state index < -0.39 is 63.3 Å². The molecule has 270 valence electrons. The van der Waals surface area contributed by atoms with E-state index in [9.17, 15) is 33.0 Å². The van der Waals surface area contributed by atoms with Crippen molar-refractivity contribution in [3.63, 3.8) is 0 Å². The molecule has 18 nitrogen and oxygen atoms in total. The number of nitrogens with two attached hydrogens (primary N) is 1. The van der Waals surface area contributed by atoms with Crippen molar-refractivity contribution in [1.82, 2.24) is 20.0 Å². The predicted octanol–water partition coefficient (Wildman–Crippen LogP) is 0.587. The number of aryl methyl sites for hydroxylation is 2. The number of aliphatic hydroxyl groups excluding tert-OH is 1. The number of anilines is 1. The van der Waals surface area contributed by atoms with E-state index in [0.29, 0.717) is 30.2 Å². The van der Waals surface area contributed by atoms with Crippen LogP contribution in [0.15, 0.2) is 41.1 Å². The Bertz CT molecular complexity index is 1960. The number of aromatic nitrogens is 3. The van der Waals surface area contributed by atoms with Gasteiger partial charge in [0.2, 0.25) is 6.20 Å². The highest BCUT2D eigenvalue weighted by molar-refractivity contribution is 7.80. The Morgan fingerprint density at radius 3 is 2.66 bits per heavy atom. The first-order valence-electron chi connectivity index (χ1n) is 15.4. The fourth-order valence-corrected chi connectivity index (χ4v) is 6.59. The molecule has 6 N–H and O–H groups in total. The number of nitrogens with zero attached hydrogens (tertiary/aromatic N) is 5. The van der Waals surface area contributed by atoms with Crippen molar-refractivity contribution in [1.29, 1.82) is 0 Å². The number of carboxylic acids is 1. The largest absolute Gasteiger partial charge is 0.485 e. The van der Waals surface area contributed by atoms with Crippen molar-refractivity contribution >= 4 is 50.4 Å². The lowest BCUT2D eigenvalue weighted by atomic mass is 9.84. The zero-order valence-corrected chi connectivity index (χ0v) is 29.4. The summed E-state index contributed by atoms with van der Waals surface area (Å²) in [6.07, 6.45) is 3.62. The Balaban J connectivity index is 1.36. The third-order valence-electron chi connectivity index (χ3n) is 8.69. The summed E-state index contributed by atoms with van der Waals surface area (Å²) in [6.45, 7) is 6.35. The van der Waals surface area contributed by atoms with Gasteiger partial charge in [-0.3, -0.25) is 14.1 Å². The van der Waals surface area contributed by atoms with Gasteiger partial charge in [0.05, 0.1) is 23.4 Å². The Labute approximate surface area is 290 Å². The molecular weight excluding hydrogens is 699 g/mol. The third-order valence-corrected chi connectivity index (χ3v) is 9.70. The van der Waals surface area contributed by atoms with Crippen LogP contribution in [0.4, 0.5) is 5.13 Å². The minimum atomic E-state index is -5.03. The Hall–Kier alpha value is -4.63. The first-order chi connectivity index (χ1) is 23.3. The fraction of sp³-hybridized carbons (Fsp3) is 0.467. The molecule has 0 spiro atoms. The molecule has 0 bridgehead atoms. The number of oxime groups is 1. The maximum absolute atomic E-state index is 13.5. The molecule has 0 saturated carbocycles. The number of carboxylic acid groups (broad SMARTS) is 1. The lowest BCUT2D eigenvalue weighted by Crippen LogP contribution is -2.76. The SMILES string of the molecule is CC[C@H](O)Cn1cc(-c2ccc3c(c2)CC[C@H]([C@](C)(O/N=C(\C(=O)N[C@@H]2C(=O)N(OS(=O)(=O)O)C2(C)C)c2csc(N)n2)C(=O)O)O3)c[n+]1C. The quantitative estimate of drug-likeness (QED) is 0.0531. The summed E-state index contributed by atoms with van der Waals surface area (Å²) in [5.41, 5.74) is 4.30. The molecule has 2 aromatic heterocycles. The normalized spacial score (nSPS) is 20.6.